The third-order valence-electron chi connectivity index (χ3n) is 16.2. The summed E-state index contributed by atoms with van der Waals surface area (Å²) in [5.74, 6) is 0. The zero-order valence-corrected chi connectivity index (χ0v) is 45.1. The molecular formula is C76H48N2S2. The second kappa shape index (κ2) is 19.0. The van der Waals surface area contributed by atoms with Crippen LogP contribution in [-0.4, -0.2) is 0 Å². The van der Waals surface area contributed by atoms with Crippen molar-refractivity contribution in [1.29, 1.82) is 0 Å². The number of fused-ring (bicyclic) bond motifs is 4. The van der Waals surface area contributed by atoms with Crippen LogP contribution in [0.1, 0.15) is 0 Å². The van der Waals surface area contributed by atoms with E-state index >= 15 is 0 Å². The molecule has 374 valence electrons. The van der Waals surface area contributed by atoms with Gasteiger partial charge in [-0.15, -0.1) is 22.7 Å². The minimum atomic E-state index is 1.11. The molecule has 2 nitrogen and oxygen atoms in total. The highest BCUT2D eigenvalue weighted by molar-refractivity contribution is 7.23. The molecule has 4 heteroatoms. The molecular weight excluding hydrogens is 1000 g/mol. The third-order valence-corrected chi connectivity index (χ3v) is 18.6. The lowest BCUT2D eigenvalue weighted by molar-refractivity contribution is 1.32. The average molecular weight is 1050 g/mol. The lowest BCUT2D eigenvalue weighted by atomic mass is 9.91. The van der Waals surface area contributed by atoms with Gasteiger partial charge in [-0.1, -0.05) is 243 Å². The summed E-state index contributed by atoms with van der Waals surface area (Å²) in [6.45, 7) is 0. The molecule has 14 aromatic carbocycles. The molecule has 0 bridgehead atoms. The van der Waals surface area contributed by atoms with E-state index in [1.165, 1.54) is 117 Å². The number of thiophene rings is 2. The van der Waals surface area contributed by atoms with Crippen molar-refractivity contribution >= 4 is 131 Å². The fourth-order valence-electron chi connectivity index (χ4n) is 12.6. The lowest BCUT2D eigenvalue weighted by Crippen LogP contribution is -2.12. The summed E-state index contributed by atoms with van der Waals surface area (Å²) in [5, 5.41) is 14.7. The molecule has 2 heterocycles. The monoisotopic (exact) mass is 1050 g/mol. The average Bonchev–Trinajstić information content (AvgIpc) is 4.24. The number of hydrogen-bond donors (Lipinski definition) is 0. The topological polar surface area (TPSA) is 6.48 Å². The van der Waals surface area contributed by atoms with Gasteiger partial charge in [0.25, 0.3) is 0 Å². The van der Waals surface area contributed by atoms with Gasteiger partial charge in [-0.2, -0.15) is 0 Å². The SMILES string of the molecule is c1ccc(-c2sc3cc(N(c4cccc5ccccc45)c4ccc5ccc6c(N(c7ccc8c(-c9ccccc9)c(-c9ccccc9)sc8c7)c7cccc8ccccc78)ccc7ccc4c5c76)ccc3c2-c2ccccc2)cc1. The molecule has 2 aromatic heterocycles. The van der Waals surface area contributed by atoms with E-state index < -0.39 is 0 Å². The van der Waals surface area contributed by atoms with E-state index in [4.69, 9.17) is 0 Å². The van der Waals surface area contributed by atoms with Crippen molar-refractivity contribution in [3.05, 3.63) is 291 Å². The van der Waals surface area contributed by atoms with Gasteiger partial charge in [0.1, 0.15) is 0 Å². The van der Waals surface area contributed by atoms with Gasteiger partial charge in [0.15, 0.2) is 0 Å². The molecule has 80 heavy (non-hydrogen) atoms. The predicted octanol–water partition coefficient (Wildman–Crippen LogP) is 22.9. The van der Waals surface area contributed by atoms with E-state index in [1.807, 2.05) is 22.7 Å². The maximum Gasteiger partial charge on any atom is 0.0540 e. The van der Waals surface area contributed by atoms with Gasteiger partial charge in [-0.25, -0.2) is 0 Å². The Morgan fingerprint density at radius 3 is 0.988 bits per heavy atom. The minimum Gasteiger partial charge on any atom is -0.309 e. The van der Waals surface area contributed by atoms with E-state index in [9.17, 15) is 0 Å². The third kappa shape index (κ3) is 7.52. The first-order chi connectivity index (χ1) is 39.7. The molecule has 0 atom stereocenters. The molecule has 0 saturated heterocycles. The molecule has 0 amide bonds. The Kier molecular flexibility index (Phi) is 11.0. The highest BCUT2D eigenvalue weighted by atomic mass is 32.1. The number of anilines is 6. The van der Waals surface area contributed by atoms with Crippen LogP contribution in [0.2, 0.25) is 0 Å². The molecule has 0 aliphatic carbocycles. The lowest BCUT2D eigenvalue weighted by Gasteiger charge is -2.30. The van der Waals surface area contributed by atoms with Crippen molar-refractivity contribution in [3.63, 3.8) is 0 Å². The Morgan fingerprint density at radius 2 is 0.562 bits per heavy atom. The van der Waals surface area contributed by atoms with Crippen molar-refractivity contribution in [2.45, 2.75) is 0 Å². The van der Waals surface area contributed by atoms with Crippen LogP contribution >= 0.6 is 22.7 Å². The second-order valence-electron chi connectivity index (χ2n) is 20.7. The van der Waals surface area contributed by atoms with E-state index in [-0.39, 0.29) is 0 Å². The molecule has 0 spiro atoms. The van der Waals surface area contributed by atoms with Crippen molar-refractivity contribution in [2.75, 3.05) is 9.80 Å². The highest BCUT2D eigenvalue weighted by Crippen LogP contribution is 2.53. The smallest absolute Gasteiger partial charge is 0.0540 e. The largest absolute Gasteiger partial charge is 0.309 e. The van der Waals surface area contributed by atoms with Crippen molar-refractivity contribution in [3.8, 4) is 43.1 Å². The maximum atomic E-state index is 2.52. The molecule has 0 unspecified atom stereocenters. The van der Waals surface area contributed by atoms with Crippen LogP contribution in [0, 0.1) is 0 Å². The van der Waals surface area contributed by atoms with Crippen LogP contribution in [0.4, 0.5) is 34.1 Å². The maximum absolute atomic E-state index is 2.52. The molecule has 0 aliphatic heterocycles. The normalized spacial score (nSPS) is 11.8. The summed E-state index contributed by atoms with van der Waals surface area (Å²) in [4.78, 5) is 7.59. The molecule has 16 aromatic rings. The zero-order chi connectivity index (χ0) is 52.7. The zero-order valence-electron chi connectivity index (χ0n) is 43.4. The first kappa shape index (κ1) is 46.3. The fraction of sp³-hybridized carbons (Fsp3) is 0. The van der Waals surface area contributed by atoms with Gasteiger partial charge >= 0.3 is 0 Å². The summed E-state index contributed by atoms with van der Waals surface area (Å²) >= 11 is 3.76. The minimum absolute atomic E-state index is 1.11. The Hall–Kier alpha value is -9.84. The summed E-state index contributed by atoms with van der Waals surface area (Å²) in [5.41, 5.74) is 14.2. The van der Waals surface area contributed by atoms with Crippen LogP contribution in [0.5, 0.6) is 0 Å². The standard InChI is InChI=1S/C76H48N2S2/c1-5-21-51(22-6-1)73-63-43-39-57(47-69(63)79-75(73)55-25-9-3-10-26-55)77(65-33-17-29-49-19-13-15-31-59(49)65)67-45-37-53-36-42-62-68(46-38-54-35-41-61(67)71(53)72(54)62)78(66-34-18-30-50-20-14-16-32-60(50)66)58-40-44-64-70(48-58)80-76(56-27-11-4-12-28-56)74(64)52-23-7-2-8-24-52/h1-48H. The predicted molar refractivity (Wildman–Crippen MR) is 347 cm³/mol. The van der Waals surface area contributed by atoms with Gasteiger partial charge < -0.3 is 9.80 Å². The van der Waals surface area contributed by atoms with E-state index in [0.29, 0.717) is 0 Å². The van der Waals surface area contributed by atoms with Crippen LogP contribution in [0.15, 0.2) is 291 Å². The Bertz CT molecular complexity index is 4680. The summed E-state index contributed by atoms with van der Waals surface area (Å²) in [6.07, 6.45) is 0. The Morgan fingerprint density at radius 1 is 0.225 bits per heavy atom. The van der Waals surface area contributed by atoms with Crippen LogP contribution in [0.3, 0.4) is 0 Å². The van der Waals surface area contributed by atoms with Crippen LogP contribution < -0.4 is 9.80 Å². The van der Waals surface area contributed by atoms with Crippen LogP contribution in [-0.2, 0) is 0 Å². The van der Waals surface area contributed by atoms with Gasteiger partial charge in [0.05, 0.1) is 22.7 Å². The number of hydrogen-bond acceptors (Lipinski definition) is 4. The summed E-state index contributed by atoms with van der Waals surface area (Å²) in [7, 11) is 0. The van der Waals surface area contributed by atoms with Gasteiger partial charge in [-0.05, 0) is 103 Å². The summed E-state index contributed by atoms with van der Waals surface area (Å²) in [6, 6.07) is 108. The summed E-state index contributed by atoms with van der Waals surface area (Å²) < 4.78 is 2.49. The first-order valence-corrected chi connectivity index (χ1v) is 28.9. The number of rotatable bonds is 10. The second-order valence-corrected chi connectivity index (χ2v) is 22.8. The van der Waals surface area contributed by atoms with Crippen molar-refractivity contribution in [1.82, 2.24) is 0 Å². The first-order valence-electron chi connectivity index (χ1n) is 27.3. The number of nitrogens with zero attached hydrogens (tertiary/aromatic N) is 2. The molecule has 0 radical (unpaired) electrons. The molecule has 0 fully saturated rings. The molecule has 16 rings (SSSR count). The number of benzene rings is 14. The van der Waals surface area contributed by atoms with Gasteiger partial charge in [0, 0.05) is 74.0 Å². The fourth-order valence-corrected chi connectivity index (χ4v) is 15.1. The van der Waals surface area contributed by atoms with Crippen LogP contribution in [0.25, 0.3) is 117 Å². The quantitative estimate of drug-likeness (QED) is 0.126. The Labute approximate surface area is 471 Å². The van der Waals surface area contributed by atoms with E-state index in [0.717, 1.165) is 34.1 Å². The molecule has 0 aliphatic rings. The molecule has 0 N–H and O–H groups in total. The van der Waals surface area contributed by atoms with Gasteiger partial charge in [-0.3, -0.25) is 0 Å². The molecule has 0 saturated carbocycles. The Balaban J connectivity index is 0.926. The van der Waals surface area contributed by atoms with Crippen molar-refractivity contribution < 1.29 is 0 Å². The van der Waals surface area contributed by atoms with Gasteiger partial charge in [0.2, 0.25) is 0 Å². The van der Waals surface area contributed by atoms with Crippen molar-refractivity contribution in [2.24, 2.45) is 0 Å². The van der Waals surface area contributed by atoms with E-state index in [2.05, 4.69) is 301 Å². The highest BCUT2D eigenvalue weighted by Gasteiger charge is 2.26. The van der Waals surface area contributed by atoms with E-state index in [1.54, 1.807) is 0 Å².